The zero-order valence-corrected chi connectivity index (χ0v) is 19.3. The number of piperidine rings is 1. The van der Waals surface area contributed by atoms with E-state index in [2.05, 4.69) is 16.5 Å². The number of carbonyl (C=O) groups is 1. The summed E-state index contributed by atoms with van der Waals surface area (Å²) in [7, 11) is 0. The highest BCUT2D eigenvalue weighted by atomic mass is 19.1. The third-order valence-corrected chi connectivity index (χ3v) is 6.46. The quantitative estimate of drug-likeness (QED) is 0.421. The lowest BCUT2D eigenvalue weighted by Gasteiger charge is -2.32. The van der Waals surface area contributed by atoms with Gasteiger partial charge in [-0.3, -0.25) is 14.3 Å². The predicted molar refractivity (Wildman–Crippen MR) is 132 cm³/mol. The third-order valence-electron chi connectivity index (χ3n) is 6.46. The van der Waals surface area contributed by atoms with Gasteiger partial charge >= 0.3 is 5.69 Å². The van der Waals surface area contributed by atoms with Gasteiger partial charge in [0, 0.05) is 30.8 Å². The van der Waals surface area contributed by atoms with E-state index in [1.165, 1.54) is 12.1 Å². The maximum atomic E-state index is 13.9. The minimum Gasteiger partial charge on any atom is -0.457 e. The van der Waals surface area contributed by atoms with Gasteiger partial charge in [0.15, 0.2) is 0 Å². The van der Waals surface area contributed by atoms with E-state index in [-0.39, 0.29) is 23.3 Å². The number of pyridine rings is 1. The maximum absolute atomic E-state index is 13.9. The van der Waals surface area contributed by atoms with Crippen molar-refractivity contribution in [3.05, 3.63) is 94.9 Å². The van der Waals surface area contributed by atoms with E-state index < -0.39 is 0 Å². The first-order valence-corrected chi connectivity index (χ1v) is 11.5. The molecule has 0 bridgehead atoms. The molecule has 5 rings (SSSR count). The van der Waals surface area contributed by atoms with E-state index >= 15 is 0 Å². The highest BCUT2D eigenvalue weighted by molar-refractivity contribution is 5.87. The van der Waals surface area contributed by atoms with Gasteiger partial charge in [-0.1, -0.05) is 12.6 Å². The van der Waals surface area contributed by atoms with Gasteiger partial charge in [0.2, 0.25) is 5.91 Å². The highest BCUT2D eigenvalue weighted by Crippen LogP contribution is 2.32. The van der Waals surface area contributed by atoms with Crippen molar-refractivity contribution in [3.8, 4) is 17.2 Å². The first kappa shape index (κ1) is 22.6. The molecule has 35 heavy (non-hydrogen) atoms. The number of nitrogens with zero attached hydrogens (tertiary/aromatic N) is 3. The van der Waals surface area contributed by atoms with E-state index in [1.807, 2.05) is 0 Å². The molecule has 178 valence electrons. The third kappa shape index (κ3) is 4.23. The fourth-order valence-corrected chi connectivity index (χ4v) is 4.64. The fraction of sp³-hybridized carbons (Fsp3) is 0.222. The molecule has 8 heteroatoms. The number of aromatic amines is 1. The Balaban J connectivity index is 1.51. The lowest BCUT2D eigenvalue weighted by Crippen LogP contribution is -2.38. The molecule has 1 aliphatic heterocycles. The topological polar surface area (TPSA) is 80.2 Å². The summed E-state index contributed by atoms with van der Waals surface area (Å²) in [5.41, 5.74) is 2.95. The van der Waals surface area contributed by atoms with Gasteiger partial charge in [-0.15, -0.1) is 0 Å². The number of nitrogens with one attached hydrogen (secondary N) is 1. The van der Waals surface area contributed by atoms with Crippen molar-refractivity contribution in [3.63, 3.8) is 0 Å². The lowest BCUT2D eigenvalue weighted by atomic mass is 9.93. The Kier molecular flexibility index (Phi) is 5.94. The summed E-state index contributed by atoms with van der Waals surface area (Å²) in [5, 5.41) is 0. The molecule has 0 spiro atoms. The zero-order valence-electron chi connectivity index (χ0n) is 19.3. The molecule has 1 fully saturated rings. The molecule has 7 nitrogen and oxygen atoms in total. The number of likely N-dealkylation sites (tertiary alicyclic amines) is 1. The summed E-state index contributed by atoms with van der Waals surface area (Å²) in [5.74, 6) is 0.526. The minimum absolute atomic E-state index is 0.00337. The van der Waals surface area contributed by atoms with Crippen LogP contribution in [0.25, 0.3) is 16.7 Å². The Labute approximate surface area is 201 Å². The van der Waals surface area contributed by atoms with Crippen LogP contribution in [0.5, 0.6) is 11.5 Å². The first-order chi connectivity index (χ1) is 17.0. The fourth-order valence-electron chi connectivity index (χ4n) is 4.64. The number of amides is 1. The van der Waals surface area contributed by atoms with Crippen molar-refractivity contribution < 1.29 is 13.9 Å². The van der Waals surface area contributed by atoms with Crippen molar-refractivity contribution in [2.75, 3.05) is 13.1 Å². The van der Waals surface area contributed by atoms with E-state index in [4.69, 9.17) is 4.74 Å². The molecule has 1 aliphatic rings. The average Bonchev–Trinajstić information content (AvgIpc) is 3.22. The zero-order chi connectivity index (χ0) is 24.5. The monoisotopic (exact) mass is 472 g/mol. The molecule has 0 saturated carbocycles. The van der Waals surface area contributed by atoms with Crippen LogP contribution in [0.2, 0.25) is 0 Å². The number of benzene rings is 2. The van der Waals surface area contributed by atoms with Crippen LogP contribution in [0, 0.1) is 12.7 Å². The molecule has 1 N–H and O–H groups in total. The molecular weight excluding hydrogens is 447 g/mol. The number of fused-ring (bicyclic) bond motifs is 1. The normalized spacial score (nSPS) is 15.8. The number of carbonyl (C=O) groups excluding carboxylic acids is 1. The van der Waals surface area contributed by atoms with E-state index in [9.17, 15) is 14.0 Å². The highest BCUT2D eigenvalue weighted by Gasteiger charge is 2.27. The molecule has 0 aliphatic carbocycles. The first-order valence-electron chi connectivity index (χ1n) is 11.5. The number of ether oxygens (including phenoxy) is 1. The van der Waals surface area contributed by atoms with Crippen LogP contribution in [-0.4, -0.2) is 38.4 Å². The Hall–Kier alpha value is -4.20. The van der Waals surface area contributed by atoms with Gasteiger partial charge in [0.25, 0.3) is 0 Å². The second kappa shape index (κ2) is 9.21. The standard InChI is InChI=1S/C27H25FN4O3/c1-3-24(33)31-15-5-6-18(16-31)25-26-22(13-14-29-25)30-27(34)32(26)19-9-11-20(12-10-19)35-23-8-4-7-21(28)17(23)2/h3-4,7-14,18H,1,5-6,15-16H2,2H3,(H,30,34)/t18-/m1/s1. The molecule has 1 atom stereocenters. The Morgan fingerprint density at radius 3 is 2.80 bits per heavy atom. The number of hydrogen-bond donors (Lipinski definition) is 1. The van der Waals surface area contributed by atoms with E-state index in [0.29, 0.717) is 46.9 Å². The predicted octanol–water partition coefficient (Wildman–Crippen LogP) is 4.85. The van der Waals surface area contributed by atoms with Crippen LogP contribution in [0.3, 0.4) is 0 Å². The van der Waals surface area contributed by atoms with Gasteiger partial charge in [-0.2, -0.15) is 0 Å². The van der Waals surface area contributed by atoms with Gasteiger partial charge < -0.3 is 14.6 Å². The van der Waals surface area contributed by atoms with Crippen molar-refractivity contribution in [2.45, 2.75) is 25.7 Å². The van der Waals surface area contributed by atoms with Crippen LogP contribution in [-0.2, 0) is 4.79 Å². The van der Waals surface area contributed by atoms with Crippen LogP contribution >= 0.6 is 0 Å². The molecule has 3 heterocycles. The minimum atomic E-state index is -0.333. The van der Waals surface area contributed by atoms with Crippen molar-refractivity contribution in [1.29, 1.82) is 0 Å². The van der Waals surface area contributed by atoms with Gasteiger partial charge in [0.05, 0.1) is 22.4 Å². The lowest BCUT2D eigenvalue weighted by molar-refractivity contribution is -0.127. The summed E-state index contributed by atoms with van der Waals surface area (Å²) in [4.78, 5) is 34.5. The summed E-state index contributed by atoms with van der Waals surface area (Å²) in [6.45, 7) is 6.47. The Bertz CT molecular complexity index is 1470. The molecule has 0 unspecified atom stereocenters. The molecule has 1 saturated heterocycles. The van der Waals surface area contributed by atoms with Crippen LogP contribution < -0.4 is 10.4 Å². The van der Waals surface area contributed by atoms with Crippen molar-refractivity contribution in [2.24, 2.45) is 0 Å². The van der Waals surface area contributed by atoms with Crippen LogP contribution in [0.15, 0.2) is 72.2 Å². The number of aromatic nitrogens is 3. The molecule has 1 amide bonds. The number of rotatable bonds is 5. The van der Waals surface area contributed by atoms with Crippen LogP contribution in [0.4, 0.5) is 4.39 Å². The summed E-state index contributed by atoms with van der Waals surface area (Å²) < 4.78 is 21.3. The smallest absolute Gasteiger partial charge is 0.331 e. The van der Waals surface area contributed by atoms with Crippen LogP contribution in [0.1, 0.15) is 30.0 Å². The second-order valence-electron chi connectivity index (χ2n) is 8.64. The van der Waals surface area contributed by atoms with Gasteiger partial charge in [-0.25, -0.2) is 9.18 Å². The SMILES string of the molecule is C=CC(=O)N1CCC[C@@H](c2nccc3[nH]c(=O)n(-c4ccc(Oc5cccc(F)c5C)cc4)c23)C1. The number of hydrogen-bond acceptors (Lipinski definition) is 4. The Morgan fingerprint density at radius 2 is 2.03 bits per heavy atom. The van der Waals surface area contributed by atoms with E-state index in [1.54, 1.807) is 65.1 Å². The summed E-state index contributed by atoms with van der Waals surface area (Å²) in [6, 6.07) is 13.5. The Morgan fingerprint density at radius 1 is 1.23 bits per heavy atom. The number of H-pyrrole nitrogens is 1. The van der Waals surface area contributed by atoms with Gasteiger partial charge in [-0.05, 0) is 68.3 Å². The van der Waals surface area contributed by atoms with Gasteiger partial charge in [0.1, 0.15) is 17.3 Å². The number of halogens is 1. The van der Waals surface area contributed by atoms with Crippen molar-refractivity contribution in [1.82, 2.24) is 19.4 Å². The molecular formula is C27H25FN4O3. The maximum Gasteiger partial charge on any atom is 0.331 e. The molecule has 2 aromatic carbocycles. The second-order valence-corrected chi connectivity index (χ2v) is 8.64. The number of imidazole rings is 1. The largest absolute Gasteiger partial charge is 0.457 e. The molecule has 2 aromatic heterocycles. The molecule has 4 aromatic rings. The van der Waals surface area contributed by atoms with E-state index in [0.717, 1.165) is 18.5 Å². The van der Waals surface area contributed by atoms with Crippen molar-refractivity contribution >= 4 is 16.9 Å². The average molecular weight is 473 g/mol. The summed E-state index contributed by atoms with van der Waals surface area (Å²) in [6.07, 6.45) is 4.73. The summed E-state index contributed by atoms with van der Waals surface area (Å²) >= 11 is 0. The molecule has 0 radical (unpaired) electrons.